The molecule has 2 aromatic carbocycles. The van der Waals surface area contributed by atoms with E-state index in [0.29, 0.717) is 18.8 Å². The summed E-state index contributed by atoms with van der Waals surface area (Å²) in [5, 5.41) is 3.02. The molecule has 28 heavy (non-hydrogen) atoms. The molecule has 148 valence electrons. The van der Waals surface area contributed by atoms with Crippen molar-refractivity contribution in [3.63, 3.8) is 0 Å². The van der Waals surface area contributed by atoms with Crippen LogP contribution < -0.4 is 21.7 Å². The Bertz CT molecular complexity index is 809. The van der Waals surface area contributed by atoms with Crippen molar-refractivity contribution in [2.24, 2.45) is 23.3 Å². The maximum atomic E-state index is 12.7. The highest BCUT2D eigenvalue weighted by Crippen LogP contribution is 2.32. The molecule has 2 amide bonds. The van der Waals surface area contributed by atoms with Gasteiger partial charge in [-0.15, -0.1) is 0 Å². The SMILES string of the molecule is NC[C@H]1CCC[C@H]1C(=O)Nc1cccc(N(CC(N)=O)Cc2ccccc2)c1. The molecule has 0 radical (unpaired) electrons. The number of benzene rings is 2. The van der Waals surface area contributed by atoms with Crippen LogP contribution in [-0.2, 0) is 16.1 Å². The second-order valence-corrected chi connectivity index (χ2v) is 7.38. The minimum absolute atomic E-state index is 0.0228. The number of carbonyl (C=O) groups excluding carboxylic acids is 2. The van der Waals surface area contributed by atoms with Gasteiger partial charge in [0.05, 0.1) is 6.54 Å². The predicted octanol–water partition coefficient (Wildman–Crippen LogP) is 2.49. The maximum absolute atomic E-state index is 12.7. The lowest BCUT2D eigenvalue weighted by molar-refractivity contribution is -0.120. The molecule has 6 nitrogen and oxygen atoms in total. The highest BCUT2D eigenvalue weighted by Gasteiger charge is 2.31. The van der Waals surface area contributed by atoms with E-state index in [-0.39, 0.29) is 24.3 Å². The largest absolute Gasteiger partial charge is 0.368 e. The van der Waals surface area contributed by atoms with Crippen molar-refractivity contribution in [1.82, 2.24) is 0 Å². The van der Waals surface area contributed by atoms with E-state index in [4.69, 9.17) is 11.5 Å². The Kier molecular flexibility index (Phi) is 6.66. The molecule has 0 saturated heterocycles. The topological polar surface area (TPSA) is 101 Å². The van der Waals surface area contributed by atoms with Gasteiger partial charge in [0.15, 0.2) is 0 Å². The lowest BCUT2D eigenvalue weighted by Crippen LogP contribution is -2.33. The minimum Gasteiger partial charge on any atom is -0.368 e. The van der Waals surface area contributed by atoms with Gasteiger partial charge in [-0.1, -0.05) is 42.8 Å². The number of nitrogens with two attached hydrogens (primary N) is 2. The number of primary amides is 1. The standard InChI is InChI=1S/C22H28N4O2/c23-13-17-8-4-11-20(17)22(28)25-18-9-5-10-19(12-18)26(15-21(24)27)14-16-6-2-1-3-7-16/h1-3,5-7,9-10,12,17,20H,4,8,11,13-15,23H2,(H2,24,27)(H,25,28)/t17-,20-/m1/s1. The van der Waals surface area contributed by atoms with E-state index < -0.39 is 5.91 Å². The van der Waals surface area contributed by atoms with Gasteiger partial charge in [0.25, 0.3) is 0 Å². The predicted molar refractivity (Wildman–Crippen MR) is 112 cm³/mol. The molecule has 6 heteroatoms. The molecule has 1 aliphatic rings. The summed E-state index contributed by atoms with van der Waals surface area (Å²) in [5.41, 5.74) is 13.9. The molecule has 0 spiro atoms. The van der Waals surface area contributed by atoms with Gasteiger partial charge in [-0.2, -0.15) is 0 Å². The lowest BCUT2D eigenvalue weighted by Gasteiger charge is -2.24. The summed E-state index contributed by atoms with van der Waals surface area (Å²) in [6.07, 6.45) is 2.94. The molecule has 0 aromatic heterocycles. The van der Waals surface area contributed by atoms with Crippen molar-refractivity contribution in [3.8, 4) is 0 Å². The van der Waals surface area contributed by atoms with Crippen molar-refractivity contribution in [2.45, 2.75) is 25.8 Å². The molecule has 3 rings (SSSR count). The second-order valence-electron chi connectivity index (χ2n) is 7.38. The highest BCUT2D eigenvalue weighted by atomic mass is 16.2. The molecular weight excluding hydrogens is 352 g/mol. The zero-order chi connectivity index (χ0) is 19.9. The zero-order valence-electron chi connectivity index (χ0n) is 16.0. The fourth-order valence-corrected chi connectivity index (χ4v) is 3.91. The molecule has 5 N–H and O–H groups in total. The first-order chi connectivity index (χ1) is 13.6. The fraction of sp³-hybridized carbons (Fsp3) is 0.364. The van der Waals surface area contributed by atoms with Gasteiger partial charge in [0.2, 0.25) is 11.8 Å². The molecular formula is C22H28N4O2. The third-order valence-electron chi connectivity index (χ3n) is 5.34. The zero-order valence-corrected chi connectivity index (χ0v) is 16.0. The highest BCUT2D eigenvalue weighted by molar-refractivity contribution is 5.93. The Balaban J connectivity index is 1.75. The van der Waals surface area contributed by atoms with Crippen LogP contribution in [-0.4, -0.2) is 24.9 Å². The summed E-state index contributed by atoms with van der Waals surface area (Å²) in [5.74, 6) is -0.149. The second kappa shape index (κ2) is 9.37. The van der Waals surface area contributed by atoms with Crippen LogP contribution in [0.4, 0.5) is 11.4 Å². The van der Waals surface area contributed by atoms with Gasteiger partial charge in [-0.05, 0) is 49.1 Å². The van der Waals surface area contributed by atoms with E-state index in [1.54, 1.807) is 0 Å². The van der Waals surface area contributed by atoms with Gasteiger partial charge in [0.1, 0.15) is 0 Å². The molecule has 0 unspecified atom stereocenters. The van der Waals surface area contributed by atoms with Crippen LogP contribution in [0.25, 0.3) is 0 Å². The van der Waals surface area contributed by atoms with Crippen molar-refractivity contribution in [2.75, 3.05) is 23.3 Å². The maximum Gasteiger partial charge on any atom is 0.236 e. The molecule has 0 bridgehead atoms. The first-order valence-corrected chi connectivity index (χ1v) is 9.75. The Labute approximate surface area is 165 Å². The van der Waals surface area contributed by atoms with E-state index in [2.05, 4.69) is 5.32 Å². The third-order valence-corrected chi connectivity index (χ3v) is 5.34. The van der Waals surface area contributed by atoms with E-state index in [0.717, 1.165) is 30.5 Å². The number of nitrogens with one attached hydrogen (secondary N) is 1. The quantitative estimate of drug-likeness (QED) is 0.655. The van der Waals surface area contributed by atoms with Crippen LogP contribution in [0, 0.1) is 11.8 Å². The number of hydrogen-bond acceptors (Lipinski definition) is 4. The number of amides is 2. The van der Waals surface area contributed by atoms with Crippen LogP contribution in [0.3, 0.4) is 0 Å². The van der Waals surface area contributed by atoms with Crippen molar-refractivity contribution < 1.29 is 9.59 Å². The fourth-order valence-electron chi connectivity index (χ4n) is 3.91. The Hall–Kier alpha value is -2.86. The molecule has 2 aromatic rings. The number of nitrogens with zero attached hydrogens (tertiary/aromatic N) is 1. The van der Waals surface area contributed by atoms with Gasteiger partial charge in [-0.25, -0.2) is 0 Å². The van der Waals surface area contributed by atoms with E-state index in [9.17, 15) is 9.59 Å². The van der Waals surface area contributed by atoms with Crippen LogP contribution >= 0.6 is 0 Å². The van der Waals surface area contributed by atoms with Crippen LogP contribution in [0.2, 0.25) is 0 Å². The number of anilines is 2. The number of rotatable bonds is 8. The summed E-state index contributed by atoms with van der Waals surface area (Å²) < 4.78 is 0. The smallest absolute Gasteiger partial charge is 0.236 e. The summed E-state index contributed by atoms with van der Waals surface area (Å²) in [7, 11) is 0. The summed E-state index contributed by atoms with van der Waals surface area (Å²) in [4.78, 5) is 26.2. The van der Waals surface area contributed by atoms with E-state index in [1.165, 1.54) is 0 Å². The average molecular weight is 380 g/mol. The van der Waals surface area contributed by atoms with Crippen molar-refractivity contribution in [1.29, 1.82) is 0 Å². The molecule has 2 atom stereocenters. The number of hydrogen-bond donors (Lipinski definition) is 3. The van der Waals surface area contributed by atoms with E-state index >= 15 is 0 Å². The summed E-state index contributed by atoms with van der Waals surface area (Å²) in [6, 6.07) is 17.4. The first-order valence-electron chi connectivity index (χ1n) is 9.75. The minimum atomic E-state index is -0.401. The van der Waals surface area contributed by atoms with Crippen LogP contribution in [0.5, 0.6) is 0 Å². The Morgan fingerprint density at radius 2 is 1.86 bits per heavy atom. The van der Waals surface area contributed by atoms with Crippen LogP contribution in [0.15, 0.2) is 54.6 Å². The Morgan fingerprint density at radius 3 is 2.57 bits per heavy atom. The monoisotopic (exact) mass is 380 g/mol. The van der Waals surface area contributed by atoms with E-state index in [1.807, 2.05) is 59.5 Å². The average Bonchev–Trinajstić information content (AvgIpc) is 3.17. The lowest BCUT2D eigenvalue weighted by atomic mass is 9.95. The Morgan fingerprint density at radius 1 is 1.07 bits per heavy atom. The summed E-state index contributed by atoms with van der Waals surface area (Å²) >= 11 is 0. The molecule has 1 aliphatic carbocycles. The molecule has 0 aliphatic heterocycles. The first kappa shape index (κ1) is 19.9. The van der Waals surface area contributed by atoms with Crippen LogP contribution in [0.1, 0.15) is 24.8 Å². The van der Waals surface area contributed by atoms with Crippen molar-refractivity contribution in [3.05, 3.63) is 60.2 Å². The van der Waals surface area contributed by atoms with Gasteiger partial charge >= 0.3 is 0 Å². The third kappa shape index (κ3) is 5.10. The molecule has 1 fully saturated rings. The summed E-state index contributed by atoms with van der Waals surface area (Å²) in [6.45, 7) is 1.20. The number of carbonyl (C=O) groups is 2. The molecule has 1 saturated carbocycles. The molecule has 0 heterocycles. The van der Waals surface area contributed by atoms with Gasteiger partial charge in [0, 0.05) is 23.8 Å². The van der Waals surface area contributed by atoms with Gasteiger partial charge < -0.3 is 21.7 Å². The normalized spacial score (nSPS) is 18.6. The van der Waals surface area contributed by atoms with Crippen molar-refractivity contribution >= 4 is 23.2 Å². The van der Waals surface area contributed by atoms with Gasteiger partial charge in [-0.3, -0.25) is 9.59 Å².